The molecular weight excluding hydrogens is 270 g/mol. The number of rotatable bonds is 3. The van der Waals surface area contributed by atoms with E-state index in [0.717, 1.165) is 25.0 Å². The average molecular weight is 289 g/mol. The number of methoxy groups -OCH3 is 1. The summed E-state index contributed by atoms with van der Waals surface area (Å²) in [5, 5.41) is 12.1. The molecule has 1 saturated heterocycles. The maximum Gasteiger partial charge on any atom is 0.182 e. The summed E-state index contributed by atoms with van der Waals surface area (Å²) < 4.78 is 12.7. The van der Waals surface area contributed by atoms with Crippen LogP contribution in [0.25, 0.3) is 11.4 Å². The summed E-state index contributed by atoms with van der Waals surface area (Å²) in [4.78, 5) is 0. The molecule has 112 valence electrons. The molecule has 0 radical (unpaired) electrons. The maximum absolute atomic E-state index is 5.91. The summed E-state index contributed by atoms with van der Waals surface area (Å²) in [5.41, 5.74) is 7.40. The van der Waals surface area contributed by atoms with Gasteiger partial charge in [0.2, 0.25) is 0 Å². The van der Waals surface area contributed by atoms with Crippen molar-refractivity contribution in [3.8, 4) is 17.1 Å². The summed E-state index contributed by atoms with van der Waals surface area (Å²) in [5.74, 6) is 1.40. The van der Waals surface area contributed by atoms with E-state index in [4.69, 9.17) is 15.2 Å². The van der Waals surface area contributed by atoms with Crippen LogP contribution in [0.1, 0.15) is 25.8 Å². The zero-order valence-corrected chi connectivity index (χ0v) is 12.2. The number of tetrazole rings is 1. The van der Waals surface area contributed by atoms with Crippen molar-refractivity contribution in [2.24, 2.45) is 0 Å². The quantitative estimate of drug-likeness (QED) is 0.865. The van der Waals surface area contributed by atoms with E-state index in [2.05, 4.69) is 22.4 Å². The zero-order chi connectivity index (χ0) is 14.8. The molecule has 7 heteroatoms. The van der Waals surface area contributed by atoms with Gasteiger partial charge in [0.15, 0.2) is 5.82 Å². The molecule has 2 aromatic rings. The highest BCUT2D eigenvalue weighted by atomic mass is 16.5. The summed E-state index contributed by atoms with van der Waals surface area (Å²) in [7, 11) is 1.61. The molecule has 1 aromatic heterocycles. The molecule has 3 rings (SSSR count). The van der Waals surface area contributed by atoms with Crippen molar-refractivity contribution in [3.63, 3.8) is 0 Å². The fraction of sp³-hybridized carbons (Fsp3) is 0.500. The van der Waals surface area contributed by atoms with Crippen molar-refractivity contribution in [1.29, 1.82) is 0 Å². The molecule has 7 nitrogen and oxygen atoms in total. The Morgan fingerprint density at radius 3 is 3.00 bits per heavy atom. The van der Waals surface area contributed by atoms with Crippen LogP contribution in [-0.2, 0) is 4.74 Å². The van der Waals surface area contributed by atoms with Gasteiger partial charge < -0.3 is 15.2 Å². The van der Waals surface area contributed by atoms with Gasteiger partial charge in [-0.15, -0.1) is 5.10 Å². The summed E-state index contributed by atoms with van der Waals surface area (Å²) in [6.07, 6.45) is 2.02. The predicted molar refractivity (Wildman–Crippen MR) is 77.9 cm³/mol. The number of hydrogen-bond acceptors (Lipinski definition) is 6. The molecule has 21 heavy (non-hydrogen) atoms. The third-order valence-electron chi connectivity index (χ3n) is 3.72. The summed E-state index contributed by atoms with van der Waals surface area (Å²) >= 11 is 0. The molecule has 2 N–H and O–H groups in total. The van der Waals surface area contributed by atoms with Gasteiger partial charge in [0.25, 0.3) is 0 Å². The van der Waals surface area contributed by atoms with Gasteiger partial charge in [-0.1, -0.05) is 0 Å². The number of ether oxygens (including phenoxy) is 2. The van der Waals surface area contributed by atoms with E-state index in [0.29, 0.717) is 17.3 Å². The van der Waals surface area contributed by atoms with E-state index in [1.54, 1.807) is 13.2 Å². The van der Waals surface area contributed by atoms with Crippen molar-refractivity contribution < 1.29 is 9.47 Å². The Morgan fingerprint density at radius 1 is 1.38 bits per heavy atom. The smallest absolute Gasteiger partial charge is 0.182 e. The predicted octanol–water partition coefficient (Wildman–Crippen LogP) is 1.67. The van der Waals surface area contributed by atoms with Gasteiger partial charge in [-0.25, -0.2) is 4.68 Å². The lowest BCUT2D eigenvalue weighted by molar-refractivity contribution is 0.00350. The molecule has 0 amide bonds. The largest absolute Gasteiger partial charge is 0.497 e. The molecule has 0 saturated carbocycles. The molecule has 1 aliphatic rings. The standard InChI is InChI=1S/C14H19N5O2/c1-9-5-12(3-4-21-9)19-14(16-17-18-19)10-6-11(15)8-13(7-10)20-2/h6-9,12H,3-5,15H2,1-2H3. The second-order valence-corrected chi connectivity index (χ2v) is 5.30. The molecule has 1 aromatic carbocycles. The maximum atomic E-state index is 5.91. The number of nitrogens with zero attached hydrogens (tertiary/aromatic N) is 4. The first-order valence-electron chi connectivity index (χ1n) is 7.01. The first-order valence-corrected chi connectivity index (χ1v) is 7.01. The van der Waals surface area contributed by atoms with Crippen molar-refractivity contribution in [2.45, 2.75) is 31.9 Å². The third kappa shape index (κ3) is 2.82. The van der Waals surface area contributed by atoms with Gasteiger partial charge in [0, 0.05) is 23.9 Å². The monoisotopic (exact) mass is 289 g/mol. The summed E-state index contributed by atoms with van der Waals surface area (Å²) in [6, 6.07) is 5.76. The minimum atomic E-state index is 0.219. The topological polar surface area (TPSA) is 88.1 Å². The Hall–Kier alpha value is -2.15. The second-order valence-electron chi connectivity index (χ2n) is 5.30. The normalized spacial score (nSPS) is 22.2. The number of nitrogens with two attached hydrogens (primary N) is 1. The van der Waals surface area contributed by atoms with Gasteiger partial charge in [0.05, 0.1) is 19.3 Å². The molecule has 0 spiro atoms. The van der Waals surface area contributed by atoms with Crippen LogP contribution < -0.4 is 10.5 Å². The number of nitrogen functional groups attached to an aromatic ring is 1. The molecule has 1 fully saturated rings. The minimum absolute atomic E-state index is 0.219. The first-order chi connectivity index (χ1) is 10.2. The Morgan fingerprint density at radius 2 is 2.24 bits per heavy atom. The van der Waals surface area contributed by atoms with Crippen LogP contribution in [0.15, 0.2) is 18.2 Å². The lowest BCUT2D eigenvalue weighted by Crippen LogP contribution is -2.26. The lowest BCUT2D eigenvalue weighted by Gasteiger charge is -2.27. The van der Waals surface area contributed by atoms with Crippen molar-refractivity contribution >= 4 is 5.69 Å². The van der Waals surface area contributed by atoms with Gasteiger partial charge in [0.1, 0.15) is 5.75 Å². The van der Waals surface area contributed by atoms with Gasteiger partial charge in [-0.3, -0.25) is 0 Å². The summed E-state index contributed by atoms with van der Waals surface area (Å²) in [6.45, 7) is 2.80. The van der Waals surface area contributed by atoms with E-state index in [9.17, 15) is 0 Å². The molecule has 0 aliphatic carbocycles. The molecule has 1 aliphatic heterocycles. The van der Waals surface area contributed by atoms with Crippen LogP contribution in [0, 0.1) is 0 Å². The minimum Gasteiger partial charge on any atom is -0.497 e. The number of anilines is 1. The Balaban J connectivity index is 1.97. The van der Waals surface area contributed by atoms with E-state index < -0.39 is 0 Å². The van der Waals surface area contributed by atoms with E-state index >= 15 is 0 Å². The molecule has 2 heterocycles. The fourth-order valence-electron chi connectivity index (χ4n) is 2.70. The van der Waals surface area contributed by atoms with Crippen LogP contribution in [0.4, 0.5) is 5.69 Å². The molecule has 0 bridgehead atoms. The highest BCUT2D eigenvalue weighted by Gasteiger charge is 2.25. The molecule has 2 unspecified atom stereocenters. The van der Waals surface area contributed by atoms with Gasteiger partial charge in [-0.05, 0) is 42.3 Å². The zero-order valence-electron chi connectivity index (χ0n) is 12.2. The highest BCUT2D eigenvalue weighted by molar-refractivity contribution is 5.64. The van der Waals surface area contributed by atoms with Crippen LogP contribution in [0.5, 0.6) is 5.75 Å². The Bertz CT molecular complexity index is 628. The van der Waals surface area contributed by atoms with Crippen LogP contribution in [0.3, 0.4) is 0 Å². The third-order valence-corrected chi connectivity index (χ3v) is 3.72. The van der Waals surface area contributed by atoms with E-state index in [1.165, 1.54) is 0 Å². The SMILES string of the molecule is COc1cc(N)cc(-c2nnnn2C2CCOC(C)C2)c1. The van der Waals surface area contributed by atoms with E-state index in [-0.39, 0.29) is 12.1 Å². The van der Waals surface area contributed by atoms with Crippen LogP contribution in [0.2, 0.25) is 0 Å². The van der Waals surface area contributed by atoms with Crippen molar-refractivity contribution in [2.75, 3.05) is 19.5 Å². The van der Waals surface area contributed by atoms with E-state index in [1.807, 2.05) is 16.8 Å². The number of aromatic nitrogens is 4. The number of hydrogen-bond donors (Lipinski definition) is 1. The Labute approximate surface area is 123 Å². The number of benzene rings is 1. The highest BCUT2D eigenvalue weighted by Crippen LogP contribution is 2.30. The average Bonchev–Trinajstić information content (AvgIpc) is 2.96. The first kappa shape index (κ1) is 13.8. The second kappa shape index (κ2) is 5.69. The van der Waals surface area contributed by atoms with Crippen LogP contribution in [-0.4, -0.2) is 40.0 Å². The van der Waals surface area contributed by atoms with Crippen LogP contribution >= 0.6 is 0 Å². The Kier molecular flexibility index (Phi) is 3.74. The molecular formula is C14H19N5O2. The fourth-order valence-corrected chi connectivity index (χ4v) is 2.70. The van der Waals surface area contributed by atoms with Crippen molar-refractivity contribution in [1.82, 2.24) is 20.2 Å². The molecule has 2 atom stereocenters. The lowest BCUT2D eigenvalue weighted by atomic mass is 10.0. The van der Waals surface area contributed by atoms with Gasteiger partial charge in [-0.2, -0.15) is 0 Å². The van der Waals surface area contributed by atoms with Gasteiger partial charge >= 0.3 is 0 Å². The van der Waals surface area contributed by atoms with Crippen molar-refractivity contribution in [3.05, 3.63) is 18.2 Å².